The molecule has 138 valence electrons. The number of methoxy groups -OCH3 is 1. The fourth-order valence-corrected chi connectivity index (χ4v) is 3.17. The summed E-state index contributed by atoms with van der Waals surface area (Å²) < 4.78 is 4.63. The number of hydrogen-bond acceptors (Lipinski definition) is 6. The fraction of sp³-hybridized carbons (Fsp3) is 0.529. The van der Waals surface area contributed by atoms with Crippen molar-refractivity contribution >= 4 is 29.3 Å². The minimum absolute atomic E-state index is 0.0165. The molecule has 0 radical (unpaired) electrons. The SMILES string of the molecule is COC(=O)CCN(CC(C)C)C(=O)C(C)Sc1ccc([N+](=O)[O-])cc1. The fourth-order valence-electron chi connectivity index (χ4n) is 2.22. The van der Waals surface area contributed by atoms with Gasteiger partial charge in [-0.2, -0.15) is 0 Å². The van der Waals surface area contributed by atoms with Gasteiger partial charge in [-0.3, -0.25) is 19.7 Å². The van der Waals surface area contributed by atoms with Crippen LogP contribution in [0, 0.1) is 16.0 Å². The molecular formula is C17H24N2O5S. The average Bonchev–Trinajstić information content (AvgIpc) is 2.57. The Labute approximate surface area is 151 Å². The Morgan fingerprint density at radius 3 is 2.32 bits per heavy atom. The van der Waals surface area contributed by atoms with Crippen LogP contribution in [0.25, 0.3) is 0 Å². The van der Waals surface area contributed by atoms with Crippen LogP contribution >= 0.6 is 11.8 Å². The molecule has 0 aliphatic rings. The zero-order chi connectivity index (χ0) is 19.0. The molecule has 25 heavy (non-hydrogen) atoms. The molecule has 7 nitrogen and oxygen atoms in total. The van der Waals surface area contributed by atoms with Crippen molar-refractivity contribution in [1.29, 1.82) is 0 Å². The Kier molecular flexibility index (Phi) is 8.40. The van der Waals surface area contributed by atoms with Crippen LogP contribution < -0.4 is 0 Å². The number of benzene rings is 1. The zero-order valence-electron chi connectivity index (χ0n) is 14.9. The highest BCUT2D eigenvalue weighted by molar-refractivity contribution is 8.00. The molecule has 0 aromatic heterocycles. The van der Waals surface area contributed by atoms with E-state index in [2.05, 4.69) is 4.74 Å². The summed E-state index contributed by atoms with van der Waals surface area (Å²) in [5.74, 6) is -0.142. The third-order valence-electron chi connectivity index (χ3n) is 3.42. The lowest BCUT2D eigenvalue weighted by Crippen LogP contribution is -2.40. The van der Waals surface area contributed by atoms with Crippen LogP contribution in [0.1, 0.15) is 27.2 Å². The van der Waals surface area contributed by atoms with Crippen LogP contribution in [0.15, 0.2) is 29.2 Å². The molecule has 1 aromatic carbocycles. The molecule has 0 aliphatic carbocycles. The number of ether oxygens (including phenoxy) is 1. The van der Waals surface area contributed by atoms with Crippen molar-refractivity contribution in [2.24, 2.45) is 5.92 Å². The Morgan fingerprint density at radius 1 is 1.24 bits per heavy atom. The van der Waals surface area contributed by atoms with E-state index >= 15 is 0 Å². The van der Waals surface area contributed by atoms with E-state index in [1.54, 1.807) is 24.0 Å². The van der Waals surface area contributed by atoms with Crippen molar-refractivity contribution in [3.8, 4) is 0 Å². The number of rotatable bonds is 9. The number of nitro benzene ring substituents is 1. The van der Waals surface area contributed by atoms with Crippen molar-refractivity contribution in [1.82, 2.24) is 4.90 Å². The third kappa shape index (κ3) is 7.13. The normalized spacial score (nSPS) is 11.9. The third-order valence-corrected chi connectivity index (χ3v) is 4.52. The highest BCUT2D eigenvalue weighted by Crippen LogP contribution is 2.26. The molecule has 1 amide bonds. The van der Waals surface area contributed by atoms with Crippen molar-refractivity contribution in [2.45, 2.75) is 37.3 Å². The van der Waals surface area contributed by atoms with Crippen LogP contribution in [0.2, 0.25) is 0 Å². The summed E-state index contributed by atoms with van der Waals surface area (Å²) >= 11 is 1.34. The lowest BCUT2D eigenvalue weighted by atomic mass is 10.2. The quantitative estimate of drug-likeness (QED) is 0.288. The molecule has 0 aliphatic heterocycles. The first-order valence-corrected chi connectivity index (χ1v) is 8.89. The zero-order valence-corrected chi connectivity index (χ0v) is 15.7. The topological polar surface area (TPSA) is 89.8 Å². The summed E-state index contributed by atoms with van der Waals surface area (Å²) in [6.45, 7) is 6.68. The second-order valence-electron chi connectivity index (χ2n) is 6.02. The molecule has 0 N–H and O–H groups in total. The van der Waals surface area contributed by atoms with Crippen molar-refractivity contribution < 1.29 is 19.2 Å². The van der Waals surface area contributed by atoms with Crippen LogP contribution in [-0.2, 0) is 14.3 Å². The van der Waals surface area contributed by atoms with Crippen LogP contribution in [0.3, 0.4) is 0 Å². The van der Waals surface area contributed by atoms with Gasteiger partial charge in [0.05, 0.1) is 23.7 Å². The van der Waals surface area contributed by atoms with Gasteiger partial charge in [-0.15, -0.1) is 11.8 Å². The van der Waals surface area contributed by atoms with E-state index in [0.29, 0.717) is 13.1 Å². The highest BCUT2D eigenvalue weighted by Gasteiger charge is 2.23. The van der Waals surface area contributed by atoms with E-state index in [4.69, 9.17) is 0 Å². The predicted octanol–water partition coefficient (Wildman–Crippen LogP) is 3.12. The smallest absolute Gasteiger partial charge is 0.307 e. The largest absolute Gasteiger partial charge is 0.469 e. The van der Waals surface area contributed by atoms with Crippen molar-refractivity contribution in [3.63, 3.8) is 0 Å². The number of nitro groups is 1. The lowest BCUT2D eigenvalue weighted by Gasteiger charge is -2.27. The van der Waals surface area contributed by atoms with E-state index in [1.807, 2.05) is 13.8 Å². The van der Waals surface area contributed by atoms with Crippen molar-refractivity contribution in [2.75, 3.05) is 20.2 Å². The molecule has 8 heteroatoms. The van der Waals surface area contributed by atoms with Gasteiger partial charge in [0, 0.05) is 30.1 Å². The van der Waals surface area contributed by atoms with Gasteiger partial charge in [0.25, 0.3) is 5.69 Å². The molecule has 0 fully saturated rings. The van der Waals surface area contributed by atoms with Gasteiger partial charge in [0.15, 0.2) is 0 Å². The molecule has 0 saturated heterocycles. The van der Waals surface area contributed by atoms with E-state index in [1.165, 1.54) is 31.0 Å². The molecule has 1 atom stereocenters. The molecule has 1 rings (SSSR count). The monoisotopic (exact) mass is 368 g/mol. The van der Waals surface area contributed by atoms with Gasteiger partial charge >= 0.3 is 5.97 Å². The summed E-state index contributed by atoms with van der Waals surface area (Å²) in [6, 6.07) is 6.10. The van der Waals surface area contributed by atoms with Gasteiger partial charge in [0.2, 0.25) is 5.91 Å². The van der Waals surface area contributed by atoms with Gasteiger partial charge in [-0.1, -0.05) is 13.8 Å². The number of non-ortho nitro benzene ring substituents is 1. The van der Waals surface area contributed by atoms with Gasteiger partial charge in [-0.25, -0.2) is 0 Å². The molecule has 1 unspecified atom stereocenters. The summed E-state index contributed by atoms with van der Waals surface area (Å²) in [6.07, 6.45) is 0.157. The maximum absolute atomic E-state index is 12.7. The van der Waals surface area contributed by atoms with Crippen LogP contribution in [0.4, 0.5) is 5.69 Å². The van der Waals surface area contributed by atoms with Gasteiger partial charge in [-0.05, 0) is 25.0 Å². The number of nitrogens with zero attached hydrogens (tertiary/aromatic N) is 2. The van der Waals surface area contributed by atoms with Crippen LogP contribution in [-0.4, -0.2) is 47.1 Å². The number of amides is 1. The van der Waals surface area contributed by atoms with Crippen LogP contribution in [0.5, 0.6) is 0 Å². The predicted molar refractivity (Wildman–Crippen MR) is 96.5 cm³/mol. The second kappa shape index (κ2) is 10.0. The Balaban J connectivity index is 2.73. The molecule has 0 bridgehead atoms. The summed E-state index contributed by atoms with van der Waals surface area (Å²) in [4.78, 5) is 36.7. The number of hydrogen-bond donors (Lipinski definition) is 0. The Morgan fingerprint density at radius 2 is 1.84 bits per heavy atom. The maximum atomic E-state index is 12.7. The average molecular weight is 368 g/mol. The van der Waals surface area contributed by atoms with E-state index < -0.39 is 4.92 Å². The first kappa shape index (κ1) is 21.0. The number of carbonyl (C=O) groups is 2. The Hall–Kier alpha value is -2.09. The van der Waals surface area contributed by atoms with Crippen molar-refractivity contribution in [3.05, 3.63) is 34.4 Å². The summed E-state index contributed by atoms with van der Waals surface area (Å²) in [5.41, 5.74) is 0.0165. The summed E-state index contributed by atoms with van der Waals surface area (Å²) in [7, 11) is 1.32. The maximum Gasteiger partial charge on any atom is 0.307 e. The minimum atomic E-state index is -0.458. The first-order valence-electron chi connectivity index (χ1n) is 8.01. The number of esters is 1. The number of thioether (sulfide) groups is 1. The van der Waals surface area contributed by atoms with Gasteiger partial charge < -0.3 is 9.64 Å². The molecule has 0 saturated carbocycles. The van der Waals surface area contributed by atoms with E-state index in [9.17, 15) is 19.7 Å². The van der Waals surface area contributed by atoms with Gasteiger partial charge in [0.1, 0.15) is 0 Å². The molecule has 1 aromatic rings. The Bertz CT molecular complexity index is 604. The lowest BCUT2D eigenvalue weighted by molar-refractivity contribution is -0.384. The summed E-state index contributed by atoms with van der Waals surface area (Å²) in [5, 5.41) is 10.3. The highest BCUT2D eigenvalue weighted by atomic mass is 32.2. The molecule has 0 heterocycles. The minimum Gasteiger partial charge on any atom is -0.469 e. The first-order chi connectivity index (χ1) is 11.7. The van der Waals surface area contributed by atoms with E-state index in [-0.39, 0.29) is 35.2 Å². The molecule has 0 spiro atoms. The standard InChI is InChI=1S/C17H24N2O5S/c1-12(2)11-18(10-9-16(20)24-4)17(21)13(3)25-15-7-5-14(6-8-15)19(22)23/h5-8,12-13H,9-11H2,1-4H3. The molecular weight excluding hydrogens is 344 g/mol. The number of carbonyl (C=O) groups excluding carboxylic acids is 2. The second-order valence-corrected chi connectivity index (χ2v) is 7.43. The van der Waals surface area contributed by atoms with E-state index in [0.717, 1.165) is 4.90 Å².